The maximum absolute atomic E-state index is 4.72. The summed E-state index contributed by atoms with van der Waals surface area (Å²) in [5, 5.41) is 5.03. The second-order valence-electron chi connectivity index (χ2n) is 6.79. The molecule has 2 nitrogen and oxygen atoms in total. The van der Waals surface area contributed by atoms with Crippen molar-refractivity contribution < 1.29 is 0 Å². The fraction of sp³-hybridized carbons (Fsp3) is 0.0400. The van der Waals surface area contributed by atoms with Crippen LogP contribution in [0.5, 0.6) is 0 Å². The van der Waals surface area contributed by atoms with E-state index in [0.29, 0.717) is 0 Å². The molecule has 128 valence electrons. The van der Waals surface area contributed by atoms with Crippen LogP contribution in [0.2, 0.25) is 0 Å². The Morgan fingerprint density at radius 2 is 1.41 bits per heavy atom. The molecule has 5 aromatic rings. The number of pyridine rings is 2. The highest BCUT2D eigenvalue weighted by atomic mass is 14.7. The molecule has 0 radical (unpaired) electrons. The van der Waals surface area contributed by atoms with Gasteiger partial charge in [-0.25, -0.2) is 0 Å². The molecule has 0 saturated carbocycles. The zero-order valence-corrected chi connectivity index (χ0v) is 15.1. The molecule has 0 atom stereocenters. The molecule has 0 amide bonds. The van der Waals surface area contributed by atoms with Crippen LogP contribution >= 0.6 is 0 Å². The standard InChI is InChI=1S/C25H18N2/c1-17-22(10-5-13-26-17)25-12-11-21(16-27-25)23-9-4-8-20-14-18-6-2-3-7-19(18)15-24(20)23/h2-16H,1H3. The maximum atomic E-state index is 4.72. The Bertz CT molecular complexity index is 1270. The van der Waals surface area contributed by atoms with Crippen molar-refractivity contribution in [1.29, 1.82) is 0 Å². The third-order valence-corrected chi connectivity index (χ3v) is 5.10. The minimum atomic E-state index is 0.954. The number of fused-ring (bicyclic) bond motifs is 2. The van der Waals surface area contributed by atoms with Gasteiger partial charge in [0.2, 0.25) is 0 Å². The molecule has 0 saturated heterocycles. The SMILES string of the molecule is Cc1ncccc1-c1ccc(-c2cccc3cc4ccccc4cc23)cn1. The van der Waals surface area contributed by atoms with Crippen molar-refractivity contribution in [3.8, 4) is 22.4 Å². The first-order chi connectivity index (χ1) is 13.3. The molecule has 0 N–H and O–H groups in total. The predicted molar refractivity (Wildman–Crippen MR) is 113 cm³/mol. The number of benzene rings is 3. The first-order valence-electron chi connectivity index (χ1n) is 9.09. The van der Waals surface area contributed by atoms with Crippen LogP contribution in [-0.4, -0.2) is 9.97 Å². The Labute approximate surface area is 158 Å². The summed E-state index contributed by atoms with van der Waals surface area (Å²) in [6.45, 7) is 2.01. The number of rotatable bonds is 2. The van der Waals surface area contributed by atoms with Crippen molar-refractivity contribution in [3.63, 3.8) is 0 Å². The molecular formula is C25H18N2. The molecule has 2 heterocycles. The fourth-order valence-electron chi connectivity index (χ4n) is 3.69. The van der Waals surface area contributed by atoms with E-state index in [-0.39, 0.29) is 0 Å². The van der Waals surface area contributed by atoms with Crippen LogP contribution in [0.3, 0.4) is 0 Å². The molecule has 0 aliphatic rings. The van der Waals surface area contributed by atoms with Crippen molar-refractivity contribution in [2.24, 2.45) is 0 Å². The highest BCUT2D eigenvalue weighted by Crippen LogP contribution is 2.32. The van der Waals surface area contributed by atoms with Gasteiger partial charge in [0, 0.05) is 29.2 Å². The largest absolute Gasteiger partial charge is 0.261 e. The molecule has 0 bridgehead atoms. The lowest BCUT2D eigenvalue weighted by Crippen LogP contribution is -1.90. The van der Waals surface area contributed by atoms with Crippen molar-refractivity contribution in [2.75, 3.05) is 0 Å². The van der Waals surface area contributed by atoms with Gasteiger partial charge in [-0.15, -0.1) is 0 Å². The van der Waals surface area contributed by atoms with E-state index in [0.717, 1.165) is 22.5 Å². The minimum absolute atomic E-state index is 0.954. The predicted octanol–water partition coefficient (Wildman–Crippen LogP) is 6.43. The fourth-order valence-corrected chi connectivity index (χ4v) is 3.69. The lowest BCUT2D eigenvalue weighted by atomic mass is 9.96. The van der Waals surface area contributed by atoms with Gasteiger partial charge in [-0.05, 0) is 64.4 Å². The van der Waals surface area contributed by atoms with Gasteiger partial charge in [-0.3, -0.25) is 9.97 Å². The summed E-state index contributed by atoms with van der Waals surface area (Å²) in [5.41, 5.74) is 5.36. The zero-order chi connectivity index (χ0) is 18.2. The van der Waals surface area contributed by atoms with Gasteiger partial charge >= 0.3 is 0 Å². The Morgan fingerprint density at radius 1 is 0.630 bits per heavy atom. The van der Waals surface area contributed by atoms with Gasteiger partial charge in [-0.2, -0.15) is 0 Å². The molecule has 0 aliphatic heterocycles. The number of aryl methyl sites for hydroxylation is 1. The Morgan fingerprint density at radius 3 is 2.19 bits per heavy atom. The Hall–Kier alpha value is -3.52. The Balaban J connectivity index is 1.65. The summed E-state index contributed by atoms with van der Waals surface area (Å²) in [4.78, 5) is 9.08. The molecule has 2 heteroatoms. The average Bonchev–Trinajstić information content (AvgIpc) is 2.72. The Kier molecular flexibility index (Phi) is 3.68. The van der Waals surface area contributed by atoms with Gasteiger partial charge < -0.3 is 0 Å². The van der Waals surface area contributed by atoms with Gasteiger partial charge in [0.1, 0.15) is 0 Å². The molecule has 0 fully saturated rings. The van der Waals surface area contributed by atoms with E-state index in [1.165, 1.54) is 27.1 Å². The van der Waals surface area contributed by atoms with E-state index in [4.69, 9.17) is 4.98 Å². The second-order valence-corrected chi connectivity index (χ2v) is 6.79. The minimum Gasteiger partial charge on any atom is -0.261 e. The summed E-state index contributed by atoms with van der Waals surface area (Å²) < 4.78 is 0. The maximum Gasteiger partial charge on any atom is 0.0720 e. The number of nitrogens with zero attached hydrogens (tertiary/aromatic N) is 2. The lowest BCUT2D eigenvalue weighted by Gasteiger charge is -2.10. The van der Waals surface area contributed by atoms with Crippen molar-refractivity contribution in [2.45, 2.75) is 6.92 Å². The van der Waals surface area contributed by atoms with Gasteiger partial charge in [0.15, 0.2) is 0 Å². The summed E-state index contributed by atoms with van der Waals surface area (Å²) in [6, 6.07) is 27.7. The summed E-state index contributed by atoms with van der Waals surface area (Å²) in [6.07, 6.45) is 3.78. The monoisotopic (exact) mass is 346 g/mol. The highest BCUT2D eigenvalue weighted by molar-refractivity contribution is 6.04. The van der Waals surface area contributed by atoms with E-state index in [1.807, 2.05) is 25.4 Å². The lowest BCUT2D eigenvalue weighted by molar-refractivity contribution is 1.19. The summed E-state index contributed by atoms with van der Waals surface area (Å²) >= 11 is 0. The topological polar surface area (TPSA) is 25.8 Å². The second kappa shape index (κ2) is 6.33. The van der Waals surface area contributed by atoms with Gasteiger partial charge in [0.25, 0.3) is 0 Å². The van der Waals surface area contributed by atoms with E-state index in [9.17, 15) is 0 Å². The molecular weight excluding hydrogens is 328 g/mol. The van der Waals surface area contributed by atoms with Crippen LogP contribution in [0.15, 0.2) is 91.3 Å². The van der Waals surface area contributed by atoms with Gasteiger partial charge in [0.05, 0.1) is 5.69 Å². The van der Waals surface area contributed by atoms with Crippen molar-refractivity contribution in [3.05, 3.63) is 97.0 Å². The third kappa shape index (κ3) is 2.76. The molecule has 27 heavy (non-hydrogen) atoms. The first-order valence-corrected chi connectivity index (χ1v) is 9.09. The van der Waals surface area contributed by atoms with Crippen molar-refractivity contribution >= 4 is 21.5 Å². The molecule has 0 aliphatic carbocycles. The van der Waals surface area contributed by atoms with E-state index in [1.54, 1.807) is 0 Å². The first kappa shape index (κ1) is 15.7. The number of hydrogen-bond acceptors (Lipinski definition) is 2. The number of hydrogen-bond donors (Lipinski definition) is 0. The van der Waals surface area contributed by atoms with Crippen LogP contribution in [0.4, 0.5) is 0 Å². The summed E-state index contributed by atoms with van der Waals surface area (Å²) in [5.74, 6) is 0. The highest BCUT2D eigenvalue weighted by Gasteiger charge is 2.08. The quantitative estimate of drug-likeness (QED) is 0.344. The zero-order valence-electron chi connectivity index (χ0n) is 15.1. The van der Waals surface area contributed by atoms with E-state index < -0.39 is 0 Å². The van der Waals surface area contributed by atoms with Crippen LogP contribution in [-0.2, 0) is 0 Å². The molecule has 0 spiro atoms. The molecule has 2 aromatic heterocycles. The third-order valence-electron chi connectivity index (χ3n) is 5.10. The van der Waals surface area contributed by atoms with Crippen LogP contribution in [0.1, 0.15) is 5.69 Å². The molecule has 5 rings (SSSR count). The van der Waals surface area contributed by atoms with Crippen molar-refractivity contribution in [1.82, 2.24) is 9.97 Å². The van der Waals surface area contributed by atoms with E-state index >= 15 is 0 Å². The molecule has 0 unspecified atom stereocenters. The number of aromatic nitrogens is 2. The van der Waals surface area contributed by atoms with Crippen LogP contribution in [0.25, 0.3) is 43.9 Å². The smallest absolute Gasteiger partial charge is 0.0720 e. The normalized spacial score (nSPS) is 11.1. The van der Waals surface area contributed by atoms with Crippen LogP contribution in [0, 0.1) is 6.92 Å². The van der Waals surface area contributed by atoms with E-state index in [2.05, 4.69) is 77.8 Å². The molecule has 3 aromatic carbocycles. The van der Waals surface area contributed by atoms with Crippen LogP contribution < -0.4 is 0 Å². The summed E-state index contributed by atoms with van der Waals surface area (Å²) in [7, 11) is 0. The average molecular weight is 346 g/mol. The van der Waals surface area contributed by atoms with Gasteiger partial charge in [-0.1, -0.05) is 48.5 Å².